The van der Waals surface area contributed by atoms with E-state index in [1.54, 1.807) is 0 Å². The molecule has 7 N–H and O–H groups in total. The minimum Gasteiger partial charge on any atom is -0.394 e. The highest BCUT2D eigenvalue weighted by Gasteiger charge is 2.44. The number of aliphatic hydroxyl groups excluding tert-OH is 3. The Balaban J connectivity index is 2.07. The van der Waals surface area contributed by atoms with E-state index in [-0.39, 0.29) is 17.4 Å². The van der Waals surface area contributed by atoms with Crippen molar-refractivity contribution in [2.75, 3.05) is 18.1 Å². The van der Waals surface area contributed by atoms with Crippen LogP contribution in [0.4, 0.5) is 11.8 Å². The van der Waals surface area contributed by atoms with Gasteiger partial charge in [-0.05, 0) is 0 Å². The second-order valence-corrected chi connectivity index (χ2v) is 4.52. The molecule has 20 heavy (non-hydrogen) atoms. The van der Waals surface area contributed by atoms with Crippen LogP contribution in [0.5, 0.6) is 0 Å². The summed E-state index contributed by atoms with van der Waals surface area (Å²) in [7, 11) is 0. The Hall–Kier alpha value is -2.01. The maximum absolute atomic E-state index is 9.99. The van der Waals surface area contributed by atoms with Crippen molar-refractivity contribution in [2.24, 2.45) is 0 Å². The molecule has 1 fully saturated rings. The summed E-state index contributed by atoms with van der Waals surface area (Å²) in [6, 6.07) is 0. The molecule has 1 aliphatic rings. The molecule has 4 atom stereocenters. The molecule has 10 nitrogen and oxygen atoms in total. The normalized spacial score (nSPS) is 30.1. The Kier molecular flexibility index (Phi) is 2.94. The largest absolute Gasteiger partial charge is 0.394 e. The van der Waals surface area contributed by atoms with Gasteiger partial charge in [-0.1, -0.05) is 0 Å². The second kappa shape index (κ2) is 4.52. The molecule has 3 heterocycles. The molecule has 0 aromatic carbocycles. The second-order valence-electron chi connectivity index (χ2n) is 4.52. The van der Waals surface area contributed by atoms with E-state index in [9.17, 15) is 10.2 Å². The van der Waals surface area contributed by atoms with Crippen molar-refractivity contribution in [3.05, 3.63) is 6.33 Å². The van der Waals surface area contributed by atoms with Gasteiger partial charge in [-0.25, -0.2) is 4.98 Å². The summed E-state index contributed by atoms with van der Waals surface area (Å²) in [6.45, 7) is -0.416. The standard InChI is InChI=1S/C10H14N6O4/c11-7-4-8(15-10(12)14-7)16(2-13-4)9-6(19)5(18)3(1-17)20-9/h2-3,5-6,9,17-19H,1H2,(H4,11,12,14,15)/t3-,5+,6?,9-/m1/s1. The molecule has 0 radical (unpaired) electrons. The molecule has 2 aromatic rings. The lowest BCUT2D eigenvalue weighted by Crippen LogP contribution is -2.33. The lowest BCUT2D eigenvalue weighted by Gasteiger charge is -2.16. The first-order valence-corrected chi connectivity index (χ1v) is 5.91. The summed E-state index contributed by atoms with van der Waals surface area (Å²) in [4.78, 5) is 11.8. The third-order valence-electron chi connectivity index (χ3n) is 3.26. The minimum absolute atomic E-state index is 0.0384. The first-order chi connectivity index (χ1) is 9.52. The van der Waals surface area contributed by atoms with E-state index in [1.807, 2.05) is 0 Å². The van der Waals surface area contributed by atoms with Gasteiger partial charge in [0.1, 0.15) is 23.8 Å². The van der Waals surface area contributed by atoms with Crippen LogP contribution in [-0.4, -0.2) is 59.8 Å². The average Bonchev–Trinajstić information content (AvgIpc) is 2.93. The van der Waals surface area contributed by atoms with E-state index in [1.165, 1.54) is 10.9 Å². The van der Waals surface area contributed by atoms with Crippen LogP contribution in [0.2, 0.25) is 0 Å². The van der Waals surface area contributed by atoms with Crippen molar-refractivity contribution in [3.63, 3.8) is 0 Å². The molecule has 0 amide bonds. The summed E-state index contributed by atoms with van der Waals surface area (Å²) >= 11 is 0. The van der Waals surface area contributed by atoms with Gasteiger partial charge in [-0.2, -0.15) is 9.97 Å². The Labute approximate surface area is 112 Å². The lowest BCUT2D eigenvalue weighted by molar-refractivity contribution is -0.0511. The van der Waals surface area contributed by atoms with Crippen LogP contribution in [0.15, 0.2) is 6.33 Å². The lowest BCUT2D eigenvalue weighted by atomic mass is 10.1. The number of aliphatic hydroxyl groups is 3. The molecule has 10 heteroatoms. The zero-order valence-electron chi connectivity index (χ0n) is 10.3. The van der Waals surface area contributed by atoms with Gasteiger partial charge in [0.2, 0.25) is 5.95 Å². The van der Waals surface area contributed by atoms with E-state index < -0.39 is 31.1 Å². The smallest absolute Gasteiger partial charge is 0.224 e. The summed E-state index contributed by atoms with van der Waals surface area (Å²) in [5.74, 6) is 0.0708. The number of hydrogen-bond acceptors (Lipinski definition) is 9. The predicted molar refractivity (Wildman–Crippen MR) is 67.2 cm³/mol. The molecular formula is C10H14N6O4. The quantitative estimate of drug-likeness (QED) is 0.403. The Morgan fingerprint density at radius 3 is 2.65 bits per heavy atom. The van der Waals surface area contributed by atoms with Crippen molar-refractivity contribution in [2.45, 2.75) is 24.5 Å². The number of fused-ring (bicyclic) bond motifs is 1. The number of nitrogens with two attached hydrogens (primary N) is 2. The van der Waals surface area contributed by atoms with E-state index in [4.69, 9.17) is 21.3 Å². The minimum atomic E-state index is -1.23. The number of imidazole rings is 1. The van der Waals surface area contributed by atoms with Crippen LogP contribution in [0.3, 0.4) is 0 Å². The van der Waals surface area contributed by atoms with Gasteiger partial charge >= 0.3 is 0 Å². The highest BCUT2D eigenvalue weighted by Crippen LogP contribution is 2.31. The number of rotatable bonds is 2. The maximum atomic E-state index is 9.99. The molecule has 108 valence electrons. The molecule has 3 rings (SSSR count). The Bertz CT molecular complexity index is 646. The van der Waals surface area contributed by atoms with Crippen LogP contribution in [0.25, 0.3) is 11.2 Å². The van der Waals surface area contributed by atoms with Gasteiger partial charge in [0.25, 0.3) is 0 Å². The predicted octanol–water partition coefficient (Wildman–Crippen LogP) is -2.40. The van der Waals surface area contributed by atoms with E-state index in [2.05, 4.69) is 15.0 Å². The van der Waals surface area contributed by atoms with Crippen molar-refractivity contribution in [3.8, 4) is 0 Å². The number of anilines is 2. The van der Waals surface area contributed by atoms with Gasteiger partial charge in [0.15, 0.2) is 17.7 Å². The number of hydrogen-bond donors (Lipinski definition) is 5. The molecule has 1 aliphatic heterocycles. The first kappa shape index (κ1) is 13.0. The number of nitrogen functional groups attached to an aromatic ring is 2. The third-order valence-corrected chi connectivity index (χ3v) is 3.26. The van der Waals surface area contributed by atoms with Crippen LogP contribution in [0, 0.1) is 0 Å². The fraction of sp³-hybridized carbons (Fsp3) is 0.500. The highest BCUT2D eigenvalue weighted by atomic mass is 16.6. The summed E-state index contributed by atoms with van der Waals surface area (Å²) in [5.41, 5.74) is 11.8. The van der Waals surface area contributed by atoms with Crippen LogP contribution >= 0.6 is 0 Å². The number of ether oxygens (including phenoxy) is 1. The van der Waals surface area contributed by atoms with Crippen LogP contribution in [0.1, 0.15) is 6.23 Å². The topological polar surface area (TPSA) is 166 Å². The summed E-state index contributed by atoms with van der Waals surface area (Å²) in [6.07, 6.45) is -2.92. The highest BCUT2D eigenvalue weighted by molar-refractivity contribution is 5.82. The Morgan fingerprint density at radius 1 is 1.25 bits per heavy atom. The molecular weight excluding hydrogens is 268 g/mol. The maximum Gasteiger partial charge on any atom is 0.224 e. The third kappa shape index (κ3) is 1.78. The molecule has 1 saturated heterocycles. The van der Waals surface area contributed by atoms with E-state index in [0.717, 1.165) is 0 Å². The van der Waals surface area contributed by atoms with Gasteiger partial charge in [-0.3, -0.25) is 4.57 Å². The van der Waals surface area contributed by atoms with Gasteiger partial charge in [-0.15, -0.1) is 0 Å². The Morgan fingerprint density at radius 2 is 2.00 bits per heavy atom. The zero-order valence-corrected chi connectivity index (χ0v) is 10.3. The fourth-order valence-corrected chi connectivity index (χ4v) is 2.25. The number of aromatic nitrogens is 4. The zero-order chi connectivity index (χ0) is 14.4. The molecule has 0 aliphatic carbocycles. The summed E-state index contributed by atoms with van der Waals surface area (Å²) < 4.78 is 6.79. The van der Waals surface area contributed by atoms with Gasteiger partial charge in [0, 0.05) is 0 Å². The van der Waals surface area contributed by atoms with Crippen LogP contribution in [-0.2, 0) is 4.74 Å². The molecule has 0 spiro atoms. The molecule has 1 unspecified atom stereocenters. The number of nitrogens with zero attached hydrogens (tertiary/aromatic N) is 4. The molecule has 0 saturated carbocycles. The van der Waals surface area contributed by atoms with Crippen LogP contribution < -0.4 is 11.5 Å². The monoisotopic (exact) mass is 282 g/mol. The van der Waals surface area contributed by atoms with E-state index in [0.29, 0.717) is 5.52 Å². The van der Waals surface area contributed by atoms with Crippen molar-refractivity contribution >= 4 is 22.9 Å². The first-order valence-electron chi connectivity index (χ1n) is 5.91. The van der Waals surface area contributed by atoms with Crippen molar-refractivity contribution in [1.82, 2.24) is 19.5 Å². The summed E-state index contributed by atoms with van der Waals surface area (Å²) in [5, 5.41) is 28.8. The molecule has 2 aromatic heterocycles. The fourth-order valence-electron chi connectivity index (χ4n) is 2.25. The van der Waals surface area contributed by atoms with Gasteiger partial charge in [0.05, 0.1) is 12.9 Å². The van der Waals surface area contributed by atoms with Crippen molar-refractivity contribution in [1.29, 1.82) is 0 Å². The SMILES string of the molecule is Nc1nc(N)c2ncn([C@@H]3O[C@H](CO)[C@H](O)C3O)c2n1. The van der Waals surface area contributed by atoms with Crippen molar-refractivity contribution < 1.29 is 20.1 Å². The van der Waals surface area contributed by atoms with Gasteiger partial charge < -0.3 is 31.5 Å². The molecule has 0 bridgehead atoms. The average molecular weight is 282 g/mol. The van der Waals surface area contributed by atoms with E-state index >= 15 is 0 Å².